The van der Waals surface area contributed by atoms with Gasteiger partial charge in [-0.15, -0.1) is 0 Å². The van der Waals surface area contributed by atoms with Gasteiger partial charge in [-0.25, -0.2) is 0 Å². The molecule has 0 saturated heterocycles. The Labute approximate surface area is 158 Å². The second-order valence-electron chi connectivity index (χ2n) is 7.39. The maximum absolute atomic E-state index is 2.37. The predicted octanol–water partition coefficient (Wildman–Crippen LogP) is 7.23. The Kier molecular flexibility index (Phi) is 3.04. The molecule has 1 aliphatic carbocycles. The fourth-order valence-electron chi connectivity index (χ4n) is 4.61. The van der Waals surface area contributed by atoms with E-state index < -0.39 is 0 Å². The summed E-state index contributed by atoms with van der Waals surface area (Å²) in [6.07, 6.45) is 1.01. The van der Waals surface area contributed by atoms with Gasteiger partial charge in [-0.05, 0) is 73.5 Å². The molecule has 0 N–H and O–H groups in total. The topological polar surface area (TPSA) is 0 Å². The van der Waals surface area contributed by atoms with E-state index in [2.05, 4.69) is 97.1 Å². The molecule has 0 nitrogen and oxygen atoms in total. The van der Waals surface area contributed by atoms with Gasteiger partial charge in [-0.3, -0.25) is 0 Å². The van der Waals surface area contributed by atoms with Crippen LogP contribution in [-0.2, 0) is 6.42 Å². The summed E-state index contributed by atoms with van der Waals surface area (Å²) in [7, 11) is 0. The quantitative estimate of drug-likeness (QED) is 0.276. The molecule has 27 heavy (non-hydrogen) atoms. The van der Waals surface area contributed by atoms with Gasteiger partial charge in [-0.1, -0.05) is 84.9 Å². The fraction of sp³-hybridized carbons (Fsp3) is 0.0370. The van der Waals surface area contributed by atoms with Crippen LogP contribution in [0.25, 0.3) is 43.8 Å². The zero-order chi connectivity index (χ0) is 17.8. The van der Waals surface area contributed by atoms with E-state index in [4.69, 9.17) is 0 Å². The third-order valence-corrected chi connectivity index (χ3v) is 5.87. The molecule has 0 unspecified atom stereocenters. The molecule has 0 saturated carbocycles. The van der Waals surface area contributed by atoms with Gasteiger partial charge < -0.3 is 0 Å². The van der Waals surface area contributed by atoms with Crippen molar-refractivity contribution >= 4 is 21.5 Å². The average Bonchev–Trinajstić information content (AvgIpc) is 3.12. The summed E-state index contributed by atoms with van der Waals surface area (Å²) < 4.78 is 0. The highest BCUT2D eigenvalue weighted by molar-refractivity contribution is 6.08. The molecule has 0 aliphatic heterocycles. The fourth-order valence-corrected chi connectivity index (χ4v) is 4.61. The summed E-state index contributed by atoms with van der Waals surface area (Å²) in [5.74, 6) is 0. The lowest BCUT2D eigenvalue weighted by Gasteiger charge is -2.10. The van der Waals surface area contributed by atoms with Crippen LogP contribution in [0.1, 0.15) is 11.1 Å². The van der Waals surface area contributed by atoms with Crippen LogP contribution in [0.15, 0.2) is 97.1 Å². The molecular weight excluding hydrogens is 324 g/mol. The van der Waals surface area contributed by atoms with Crippen molar-refractivity contribution in [2.75, 3.05) is 0 Å². The van der Waals surface area contributed by atoms with Crippen molar-refractivity contribution in [3.05, 3.63) is 108 Å². The van der Waals surface area contributed by atoms with E-state index in [1.165, 1.54) is 54.9 Å². The standard InChI is InChI=1S/C27H18/c1-2-7-18(8-3-1)23-11-6-12-24-26(23)17-22-14-13-21-15-19-9-4-5-10-20(19)16-25(21)27(22)24/h1-16H,17H2. The van der Waals surface area contributed by atoms with Crippen LogP contribution in [0.5, 0.6) is 0 Å². The van der Waals surface area contributed by atoms with Crippen LogP contribution < -0.4 is 0 Å². The normalized spacial score (nSPS) is 12.3. The monoisotopic (exact) mass is 342 g/mol. The zero-order valence-electron chi connectivity index (χ0n) is 14.9. The van der Waals surface area contributed by atoms with Gasteiger partial charge in [0.1, 0.15) is 0 Å². The lowest BCUT2D eigenvalue weighted by atomic mass is 9.93. The first-order valence-electron chi connectivity index (χ1n) is 9.50. The van der Waals surface area contributed by atoms with Gasteiger partial charge in [0, 0.05) is 0 Å². The lowest BCUT2D eigenvalue weighted by molar-refractivity contribution is 1.27. The van der Waals surface area contributed by atoms with Crippen LogP contribution in [0.4, 0.5) is 0 Å². The number of benzene rings is 5. The summed E-state index contributed by atoms with van der Waals surface area (Å²) in [6, 6.07) is 35.5. The summed E-state index contributed by atoms with van der Waals surface area (Å²) in [5, 5.41) is 5.31. The second kappa shape index (κ2) is 5.56. The Bertz CT molecular complexity index is 1330. The Morgan fingerprint density at radius 2 is 1.26 bits per heavy atom. The molecular formula is C27H18. The minimum atomic E-state index is 1.01. The first-order chi connectivity index (χ1) is 13.4. The molecule has 0 spiro atoms. The van der Waals surface area contributed by atoms with E-state index in [0.29, 0.717) is 0 Å². The SMILES string of the molecule is c1ccc(-c2cccc3c2Cc2ccc4cc5ccccc5cc4c2-3)cc1. The van der Waals surface area contributed by atoms with Crippen molar-refractivity contribution in [1.29, 1.82) is 0 Å². The highest BCUT2D eigenvalue weighted by Crippen LogP contribution is 2.45. The molecule has 0 bridgehead atoms. The van der Waals surface area contributed by atoms with E-state index >= 15 is 0 Å². The van der Waals surface area contributed by atoms with Crippen LogP contribution in [0.2, 0.25) is 0 Å². The van der Waals surface area contributed by atoms with Gasteiger partial charge >= 0.3 is 0 Å². The van der Waals surface area contributed by atoms with E-state index in [-0.39, 0.29) is 0 Å². The van der Waals surface area contributed by atoms with Crippen LogP contribution in [0.3, 0.4) is 0 Å². The Hall–Kier alpha value is -3.38. The Balaban J connectivity index is 1.66. The summed E-state index contributed by atoms with van der Waals surface area (Å²) in [4.78, 5) is 0. The van der Waals surface area contributed by atoms with Crippen molar-refractivity contribution in [3.8, 4) is 22.3 Å². The number of fused-ring (bicyclic) bond motifs is 6. The van der Waals surface area contributed by atoms with E-state index in [1.54, 1.807) is 0 Å². The van der Waals surface area contributed by atoms with Crippen molar-refractivity contribution in [1.82, 2.24) is 0 Å². The molecule has 0 fully saturated rings. The summed E-state index contributed by atoms with van der Waals surface area (Å²) >= 11 is 0. The number of hydrogen-bond acceptors (Lipinski definition) is 0. The third kappa shape index (κ3) is 2.17. The molecule has 1 aliphatic rings. The van der Waals surface area contributed by atoms with Crippen LogP contribution in [-0.4, -0.2) is 0 Å². The minimum absolute atomic E-state index is 1.01. The van der Waals surface area contributed by atoms with Crippen molar-refractivity contribution < 1.29 is 0 Å². The lowest BCUT2D eigenvalue weighted by Crippen LogP contribution is -1.87. The molecule has 5 aromatic carbocycles. The molecule has 0 heterocycles. The van der Waals surface area contributed by atoms with Gasteiger partial charge in [0.15, 0.2) is 0 Å². The zero-order valence-corrected chi connectivity index (χ0v) is 14.9. The second-order valence-corrected chi connectivity index (χ2v) is 7.39. The maximum atomic E-state index is 2.37. The Morgan fingerprint density at radius 3 is 2.11 bits per heavy atom. The molecule has 0 radical (unpaired) electrons. The van der Waals surface area contributed by atoms with Crippen LogP contribution >= 0.6 is 0 Å². The first-order valence-corrected chi connectivity index (χ1v) is 9.50. The molecule has 0 heteroatoms. The van der Waals surface area contributed by atoms with Crippen molar-refractivity contribution in [2.24, 2.45) is 0 Å². The highest BCUT2D eigenvalue weighted by atomic mass is 14.3. The van der Waals surface area contributed by atoms with Crippen LogP contribution in [0, 0.1) is 0 Å². The summed E-state index contributed by atoms with van der Waals surface area (Å²) in [6.45, 7) is 0. The van der Waals surface area contributed by atoms with E-state index in [1.807, 2.05) is 0 Å². The molecule has 0 aromatic heterocycles. The molecule has 6 rings (SSSR count). The third-order valence-electron chi connectivity index (χ3n) is 5.87. The minimum Gasteiger partial charge on any atom is -0.0622 e. The smallest absolute Gasteiger partial charge is 0.000705 e. The number of hydrogen-bond donors (Lipinski definition) is 0. The molecule has 126 valence electrons. The molecule has 0 atom stereocenters. The summed E-state index contributed by atoms with van der Waals surface area (Å²) in [5.41, 5.74) is 8.38. The van der Waals surface area contributed by atoms with Crippen molar-refractivity contribution in [3.63, 3.8) is 0 Å². The van der Waals surface area contributed by atoms with Gasteiger partial charge in [-0.2, -0.15) is 0 Å². The molecule has 5 aromatic rings. The number of rotatable bonds is 1. The van der Waals surface area contributed by atoms with Gasteiger partial charge in [0.25, 0.3) is 0 Å². The predicted molar refractivity (Wildman–Crippen MR) is 115 cm³/mol. The highest BCUT2D eigenvalue weighted by Gasteiger charge is 2.23. The van der Waals surface area contributed by atoms with E-state index in [9.17, 15) is 0 Å². The van der Waals surface area contributed by atoms with Gasteiger partial charge in [0.2, 0.25) is 0 Å². The molecule has 0 amide bonds. The van der Waals surface area contributed by atoms with Crippen molar-refractivity contribution in [2.45, 2.75) is 6.42 Å². The maximum Gasteiger partial charge on any atom is -0.000705 e. The Morgan fingerprint density at radius 1 is 0.519 bits per heavy atom. The largest absolute Gasteiger partial charge is 0.0622 e. The van der Waals surface area contributed by atoms with Gasteiger partial charge in [0.05, 0.1) is 0 Å². The first kappa shape index (κ1) is 14.8. The van der Waals surface area contributed by atoms with E-state index in [0.717, 1.165) is 6.42 Å². The average molecular weight is 342 g/mol.